The van der Waals surface area contributed by atoms with Crippen LogP contribution in [0.15, 0.2) is 121 Å². The second-order valence-electron chi connectivity index (χ2n) is 12.4. The molecule has 0 atom stereocenters. The van der Waals surface area contributed by atoms with Crippen molar-refractivity contribution in [1.29, 1.82) is 0 Å². The fraction of sp³-hybridized carbons (Fsp3) is 0. The highest BCUT2D eigenvalue weighted by atomic mass is 19.2. The molecule has 0 fully saturated rings. The Morgan fingerprint density at radius 1 is 0.320 bits per heavy atom. The molecule has 0 aliphatic rings. The number of aromatic nitrogens is 2. The van der Waals surface area contributed by atoms with E-state index in [-0.39, 0.29) is 0 Å². The predicted molar refractivity (Wildman–Crippen MR) is 187 cm³/mol. The van der Waals surface area contributed by atoms with Gasteiger partial charge >= 0.3 is 0 Å². The lowest BCUT2D eigenvalue weighted by molar-refractivity contribution is 0.536. The minimum Gasteiger partial charge on any atom is -0.303 e. The predicted octanol–water partition coefficient (Wildman–Crippen LogP) is 12.2. The smallest absolute Gasteiger partial charge is 0.153 e. The van der Waals surface area contributed by atoms with Gasteiger partial charge < -0.3 is 9.13 Å². The minimum atomic E-state index is -1.10. The van der Waals surface area contributed by atoms with Gasteiger partial charge in [0.25, 0.3) is 0 Å². The Balaban J connectivity index is 1.62. The van der Waals surface area contributed by atoms with Crippen molar-refractivity contribution in [3.8, 4) is 11.4 Å². The molecule has 240 valence electrons. The number of para-hydroxylation sites is 2. The maximum atomic E-state index is 15.9. The highest BCUT2D eigenvalue weighted by molar-refractivity contribution is 6.44. The largest absolute Gasteiger partial charge is 0.303 e. The van der Waals surface area contributed by atoms with Gasteiger partial charge in [-0.15, -0.1) is 0 Å². The first-order chi connectivity index (χ1) is 24.3. The molecule has 50 heavy (non-hydrogen) atoms. The maximum Gasteiger partial charge on any atom is 0.153 e. The van der Waals surface area contributed by atoms with Crippen molar-refractivity contribution in [1.82, 2.24) is 9.13 Å². The van der Waals surface area contributed by atoms with Gasteiger partial charge in [-0.2, -0.15) is 0 Å². The second kappa shape index (κ2) is 10.1. The molecule has 0 aliphatic heterocycles. The molecule has 0 N–H and O–H groups in total. The lowest BCUT2D eigenvalue weighted by Gasteiger charge is -2.18. The normalized spacial score (nSPS) is 12.2. The number of hydrogen-bond donors (Lipinski definition) is 0. The van der Waals surface area contributed by atoms with Crippen LogP contribution in [0.2, 0.25) is 0 Å². The Morgan fingerprint density at radius 3 is 0.940 bits per heavy atom. The summed E-state index contributed by atoms with van der Waals surface area (Å²) in [4.78, 5) is 0. The molecule has 10 aromatic rings. The van der Waals surface area contributed by atoms with E-state index in [1.165, 1.54) is 9.13 Å². The van der Waals surface area contributed by atoms with Gasteiger partial charge in [0.2, 0.25) is 0 Å². The van der Waals surface area contributed by atoms with Crippen molar-refractivity contribution in [2.24, 2.45) is 0 Å². The SMILES string of the molecule is Fc1cc(F)c(-n2c3ccccc3c3c4ccccc4c4c(c5ccccc5c5c6ccccc6n(-c6c(F)cc(F)cc6F)c54)c32)c(F)c1. The molecule has 0 bridgehead atoms. The van der Waals surface area contributed by atoms with Gasteiger partial charge in [0, 0.05) is 56.6 Å². The third kappa shape index (κ3) is 3.65. The molecule has 0 unspecified atom stereocenters. The Labute approximate surface area is 278 Å². The van der Waals surface area contributed by atoms with Crippen LogP contribution in [-0.2, 0) is 0 Å². The number of halogens is 6. The van der Waals surface area contributed by atoms with Crippen LogP contribution < -0.4 is 0 Å². The molecule has 10 rings (SSSR count). The van der Waals surface area contributed by atoms with E-state index in [2.05, 4.69) is 0 Å². The highest BCUT2D eigenvalue weighted by Crippen LogP contribution is 2.50. The summed E-state index contributed by atoms with van der Waals surface area (Å²) in [5.74, 6) is -6.50. The lowest BCUT2D eigenvalue weighted by atomic mass is 9.90. The van der Waals surface area contributed by atoms with Gasteiger partial charge in [-0.3, -0.25) is 0 Å². The first kappa shape index (κ1) is 28.7. The van der Waals surface area contributed by atoms with Crippen LogP contribution in [0.5, 0.6) is 0 Å². The summed E-state index contributed by atoms with van der Waals surface area (Å²) in [6.07, 6.45) is 0. The van der Waals surface area contributed by atoms with Crippen molar-refractivity contribution in [3.05, 3.63) is 156 Å². The molecule has 2 aromatic heterocycles. The summed E-state index contributed by atoms with van der Waals surface area (Å²) < 4.78 is 95.4. The van der Waals surface area contributed by atoms with Gasteiger partial charge in [-0.1, -0.05) is 84.9 Å². The molecule has 8 heteroatoms. The van der Waals surface area contributed by atoms with Crippen molar-refractivity contribution in [2.45, 2.75) is 0 Å². The van der Waals surface area contributed by atoms with Crippen LogP contribution in [-0.4, -0.2) is 9.13 Å². The quantitative estimate of drug-likeness (QED) is 0.128. The fourth-order valence-electron chi connectivity index (χ4n) is 8.06. The van der Waals surface area contributed by atoms with Crippen molar-refractivity contribution < 1.29 is 26.3 Å². The van der Waals surface area contributed by atoms with E-state index in [9.17, 15) is 8.78 Å². The van der Waals surface area contributed by atoms with Crippen molar-refractivity contribution in [2.75, 3.05) is 0 Å². The van der Waals surface area contributed by atoms with Crippen molar-refractivity contribution >= 4 is 75.9 Å². The molecule has 0 aliphatic carbocycles. The first-order valence-corrected chi connectivity index (χ1v) is 15.8. The molecule has 2 heterocycles. The highest BCUT2D eigenvalue weighted by Gasteiger charge is 2.29. The zero-order valence-electron chi connectivity index (χ0n) is 25.7. The molecule has 2 nitrogen and oxygen atoms in total. The summed E-state index contributed by atoms with van der Waals surface area (Å²) in [7, 11) is 0. The zero-order valence-corrected chi connectivity index (χ0v) is 25.7. The Morgan fingerprint density at radius 2 is 0.600 bits per heavy atom. The van der Waals surface area contributed by atoms with Gasteiger partial charge in [0.05, 0.1) is 22.1 Å². The molecule has 8 aromatic carbocycles. The number of nitrogens with zero attached hydrogens (tertiary/aromatic N) is 2. The average Bonchev–Trinajstić information content (AvgIpc) is 3.61. The van der Waals surface area contributed by atoms with Crippen LogP contribution in [0.25, 0.3) is 87.3 Å². The number of benzene rings is 8. The van der Waals surface area contributed by atoms with E-state index in [1.807, 2.05) is 72.8 Å². The van der Waals surface area contributed by atoms with E-state index >= 15 is 17.6 Å². The molecule has 0 spiro atoms. The van der Waals surface area contributed by atoms with Gasteiger partial charge in [0.1, 0.15) is 23.0 Å². The number of hydrogen-bond acceptors (Lipinski definition) is 0. The van der Waals surface area contributed by atoms with E-state index < -0.39 is 46.3 Å². The van der Waals surface area contributed by atoms with Crippen LogP contribution >= 0.6 is 0 Å². The monoisotopic (exact) mass is 666 g/mol. The molecular weight excluding hydrogens is 646 g/mol. The van der Waals surface area contributed by atoms with Gasteiger partial charge in [-0.05, 0) is 33.7 Å². The summed E-state index contributed by atoms with van der Waals surface area (Å²) in [5.41, 5.74) is 0.886. The minimum absolute atomic E-state index is 0.430. The van der Waals surface area contributed by atoms with Crippen molar-refractivity contribution in [3.63, 3.8) is 0 Å². The maximum absolute atomic E-state index is 15.9. The topological polar surface area (TPSA) is 9.86 Å². The van der Waals surface area contributed by atoms with Gasteiger partial charge in [0.15, 0.2) is 23.3 Å². The van der Waals surface area contributed by atoms with Crippen LogP contribution in [0.3, 0.4) is 0 Å². The average molecular weight is 667 g/mol. The standard InChI is InChI=1S/C42H20F6N2/c43-21-17-29(45)39(30(46)18-21)49-33-15-7-5-13-27(33)35-23-9-1-3-11-25(23)37-38(41(35)49)26-12-4-2-10-24(26)36-28-14-6-8-16-34(28)50(42(36)37)40-31(47)19-22(44)20-32(40)48/h1-20H. The first-order valence-electron chi connectivity index (χ1n) is 15.8. The van der Waals surface area contributed by atoms with Crippen LogP contribution in [0.4, 0.5) is 26.3 Å². The molecular formula is C42H20F6N2. The summed E-state index contributed by atoms with van der Waals surface area (Å²) in [6, 6.07) is 32.1. The molecule has 0 radical (unpaired) electrons. The third-order valence-electron chi connectivity index (χ3n) is 9.82. The van der Waals surface area contributed by atoms with Gasteiger partial charge in [-0.25, -0.2) is 26.3 Å². The lowest BCUT2D eigenvalue weighted by Crippen LogP contribution is -2.04. The summed E-state index contributed by atoms with van der Waals surface area (Å²) in [6.45, 7) is 0. The van der Waals surface area contributed by atoms with Crippen LogP contribution in [0.1, 0.15) is 0 Å². The number of rotatable bonds is 2. The summed E-state index contributed by atoms with van der Waals surface area (Å²) >= 11 is 0. The number of fused-ring (bicyclic) bond motifs is 15. The van der Waals surface area contributed by atoms with E-state index in [0.29, 0.717) is 78.6 Å². The molecule has 0 saturated carbocycles. The molecule has 0 amide bonds. The Hall–Kier alpha value is -6.28. The summed E-state index contributed by atoms with van der Waals surface area (Å²) in [5, 5.41) is 6.80. The van der Waals surface area contributed by atoms with E-state index in [4.69, 9.17) is 0 Å². The Bertz CT molecular complexity index is 2860. The third-order valence-corrected chi connectivity index (χ3v) is 9.82. The fourth-order valence-corrected chi connectivity index (χ4v) is 8.06. The van der Waals surface area contributed by atoms with Crippen LogP contribution in [0, 0.1) is 34.9 Å². The molecule has 0 saturated heterocycles. The van der Waals surface area contributed by atoms with E-state index in [0.717, 1.165) is 21.5 Å². The Kier molecular flexibility index (Phi) is 5.81. The second-order valence-corrected chi connectivity index (χ2v) is 12.4. The zero-order chi connectivity index (χ0) is 34.0. The van der Waals surface area contributed by atoms with E-state index in [1.54, 1.807) is 24.3 Å².